The second kappa shape index (κ2) is 4.20. The van der Waals surface area contributed by atoms with Gasteiger partial charge in [0.05, 0.1) is 6.33 Å². The highest BCUT2D eigenvalue weighted by molar-refractivity contribution is 5.81. The van der Waals surface area contributed by atoms with E-state index in [9.17, 15) is 4.39 Å². The Kier molecular flexibility index (Phi) is 2.75. The standard InChI is InChI=1S/C9H12FN5/c1-2-3-4-11-7-6-8(13-5-12-6)15-9(10)14-7/h5H,2-4H2,1H3,(H2,11,12,13,14,15). The van der Waals surface area contributed by atoms with Crippen molar-refractivity contribution < 1.29 is 4.39 Å². The van der Waals surface area contributed by atoms with Crippen molar-refractivity contribution in [3.63, 3.8) is 0 Å². The average molecular weight is 209 g/mol. The summed E-state index contributed by atoms with van der Waals surface area (Å²) in [6.07, 6.45) is 2.81. The van der Waals surface area contributed by atoms with Crippen LogP contribution in [-0.2, 0) is 0 Å². The molecular formula is C9H12FN5. The molecule has 0 bridgehead atoms. The van der Waals surface area contributed by atoms with Gasteiger partial charge >= 0.3 is 6.08 Å². The molecular weight excluding hydrogens is 197 g/mol. The molecule has 6 heteroatoms. The first-order valence-electron chi connectivity index (χ1n) is 4.91. The Morgan fingerprint density at radius 1 is 1.47 bits per heavy atom. The smallest absolute Gasteiger partial charge is 0.312 e. The van der Waals surface area contributed by atoms with Gasteiger partial charge in [0, 0.05) is 6.54 Å². The molecule has 2 aromatic heterocycles. The number of nitrogens with zero attached hydrogens (tertiary/aromatic N) is 3. The zero-order chi connectivity index (χ0) is 10.7. The molecule has 2 rings (SSSR count). The number of rotatable bonds is 4. The molecule has 2 heterocycles. The number of hydrogen-bond acceptors (Lipinski definition) is 4. The second-order valence-electron chi connectivity index (χ2n) is 3.22. The molecule has 0 radical (unpaired) electrons. The number of nitrogens with one attached hydrogen (secondary N) is 2. The van der Waals surface area contributed by atoms with Crippen molar-refractivity contribution in [3.05, 3.63) is 12.4 Å². The van der Waals surface area contributed by atoms with Gasteiger partial charge in [0.15, 0.2) is 11.5 Å². The fraction of sp³-hybridized carbons (Fsp3) is 0.444. The molecule has 0 aliphatic carbocycles. The molecule has 2 aromatic rings. The summed E-state index contributed by atoms with van der Waals surface area (Å²) >= 11 is 0. The van der Waals surface area contributed by atoms with Crippen LogP contribution in [0.5, 0.6) is 0 Å². The Labute approximate surface area is 86.2 Å². The summed E-state index contributed by atoms with van der Waals surface area (Å²) < 4.78 is 13.0. The normalized spacial score (nSPS) is 10.8. The van der Waals surface area contributed by atoms with Crippen LogP contribution in [0.25, 0.3) is 11.2 Å². The van der Waals surface area contributed by atoms with Crippen molar-refractivity contribution >= 4 is 17.0 Å². The lowest BCUT2D eigenvalue weighted by molar-refractivity contribution is 0.545. The number of fused-ring (bicyclic) bond motifs is 1. The van der Waals surface area contributed by atoms with Gasteiger partial charge in [0.1, 0.15) is 5.52 Å². The number of aromatic amines is 1. The van der Waals surface area contributed by atoms with E-state index in [-0.39, 0.29) is 0 Å². The zero-order valence-corrected chi connectivity index (χ0v) is 8.42. The molecule has 80 valence electrons. The van der Waals surface area contributed by atoms with Crippen molar-refractivity contribution in [2.45, 2.75) is 19.8 Å². The van der Waals surface area contributed by atoms with E-state index >= 15 is 0 Å². The predicted octanol–water partition coefficient (Wildman–Crippen LogP) is 1.70. The number of anilines is 1. The lowest BCUT2D eigenvalue weighted by Gasteiger charge is -2.04. The molecule has 0 saturated heterocycles. The highest BCUT2D eigenvalue weighted by Crippen LogP contribution is 2.15. The summed E-state index contributed by atoms with van der Waals surface area (Å²) in [6, 6.07) is 0. The van der Waals surface area contributed by atoms with Crippen molar-refractivity contribution in [1.29, 1.82) is 0 Å². The van der Waals surface area contributed by atoms with Crippen LogP contribution in [0.15, 0.2) is 6.33 Å². The molecule has 0 aliphatic rings. The van der Waals surface area contributed by atoms with Gasteiger partial charge < -0.3 is 10.3 Å². The number of hydrogen-bond donors (Lipinski definition) is 2. The maximum absolute atomic E-state index is 13.0. The van der Waals surface area contributed by atoms with Crippen LogP contribution in [0.2, 0.25) is 0 Å². The Balaban J connectivity index is 2.27. The minimum Gasteiger partial charge on any atom is -0.368 e. The summed E-state index contributed by atoms with van der Waals surface area (Å²) in [5, 5.41) is 3.05. The average Bonchev–Trinajstić information content (AvgIpc) is 2.65. The summed E-state index contributed by atoms with van der Waals surface area (Å²) in [7, 11) is 0. The molecule has 0 aromatic carbocycles. The van der Waals surface area contributed by atoms with Crippen molar-refractivity contribution in [2.75, 3.05) is 11.9 Å². The van der Waals surface area contributed by atoms with E-state index in [4.69, 9.17) is 0 Å². The Bertz CT molecular complexity index is 453. The van der Waals surface area contributed by atoms with Gasteiger partial charge in [-0.1, -0.05) is 13.3 Å². The molecule has 5 nitrogen and oxygen atoms in total. The van der Waals surface area contributed by atoms with E-state index in [1.54, 1.807) is 0 Å². The fourth-order valence-corrected chi connectivity index (χ4v) is 1.32. The van der Waals surface area contributed by atoms with Gasteiger partial charge in [-0.15, -0.1) is 0 Å². The van der Waals surface area contributed by atoms with Gasteiger partial charge in [-0.3, -0.25) is 0 Å². The van der Waals surface area contributed by atoms with Gasteiger partial charge in [-0.05, 0) is 6.42 Å². The van der Waals surface area contributed by atoms with Gasteiger partial charge in [0.2, 0.25) is 0 Å². The quantitative estimate of drug-likeness (QED) is 0.594. The second-order valence-corrected chi connectivity index (χ2v) is 3.22. The van der Waals surface area contributed by atoms with Crippen molar-refractivity contribution in [3.8, 4) is 0 Å². The van der Waals surface area contributed by atoms with Crippen LogP contribution < -0.4 is 5.32 Å². The first kappa shape index (κ1) is 9.82. The van der Waals surface area contributed by atoms with Gasteiger partial charge in [-0.2, -0.15) is 14.4 Å². The molecule has 0 fully saturated rings. The Morgan fingerprint density at radius 2 is 2.33 bits per heavy atom. The van der Waals surface area contributed by atoms with E-state index < -0.39 is 6.08 Å². The van der Waals surface area contributed by atoms with E-state index in [1.165, 1.54) is 6.33 Å². The van der Waals surface area contributed by atoms with Gasteiger partial charge in [-0.25, -0.2) is 4.98 Å². The number of imidazole rings is 1. The van der Waals surface area contributed by atoms with E-state index in [2.05, 4.69) is 32.2 Å². The topological polar surface area (TPSA) is 66.5 Å². The molecule has 0 aliphatic heterocycles. The lowest BCUT2D eigenvalue weighted by Crippen LogP contribution is -2.05. The number of aromatic nitrogens is 4. The third kappa shape index (κ3) is 2.03. The number of halogens is 1. The molecule has 0 saturated carbocycles. The first-order chi connectivity index (χ1) is 7.31. The Morgan fingerprint density at radius 3 is 3.13 bits per heavy atom. The van der Waals surface area contributed by atoms with Crippen molar-refractivity contribution in [1.82, 2.24) is 19.9 Å². The summed E-state index contributed by atoms with van der Waals surface area (Å²) in [6.45, 7) is 2.86. The van der Waals surface area contributed by atoms with Crippen LogP contribution in [0.4, 0.5) is 10.2 Å². The zero-order valence-electron chi connectivity index (χ0n) is 8.42. The lowest BCUT2D eigenvalue weighted by atomic mass is 10.3. The molecule has 0 amide bonds. The van der Waals surface area contributed by atoms with Crippen LogP contribution in [0, 0.1) is 6.08 Å². The molecule has 0 atom stereocenters. The van der Waals surface area contributed by atoms with Crippen LogP contribution in [0.1, 0.15) is 19.8 Å². The highest BCUT2D eigenvalue weighted by Gasteiger charge is 2.08. The number of unbranched alkanes of at least 4 members (excludes halogenated alkanes) is 1. The Hall–Kier alpha value is -1.72. The predicted molar refractivity (Wildman–Crippen MR) is 55.0 cm³/mol. The maximum Gasteiger partial charge on any atom is 0.312 e. The minimum absolute atomic E-state index is 0.349. The third-order valence-corrected chi connectivity index (χ3v) is 2.08. The monoisotopic (exact) mass is 209 g/mol. The minimum atomic E-state index is -0.756. The summed E-state index contributed by atoms with van der Waals surface area (Å²) in [5.74, 6) is 0.475. The van der Waals surface area contributed by atoms with E-state index in [1.807, 2.05) is 0 Å². The first-order valence-corrected chi connectivity index (χ1v) is 4.91. The maximum atomic E-state index is 13.0. The molecule has 0 spiro atoms. The third-order valence-electron chi connectivity index (χ3n) is 2.08. The van der Waals surface area contributed by atoms with Gasteiger partial charge in [0.25, 0.3) is 0 Å². The van der Waals surface area contributed by atoms with E-state index in [0.29, 0.717) is 17.0 Å². The molecule has 2 N–H and O–H groups in total. The van der Waals surface area contributed by atoms with Crippen LogP contribution in [0.3, 0.4) is 0 Å². The highest BCUT2D eigenvalue weighted by atomic mass is 19.1. The number of H-pyrrole nitrogens is 1. The SMILES string of the molecule is CCCCNc1nc(F)nc2nc[nH]c12. The fourth-order valence-electron chi connectivity index (χ4n) is 1.32. The van der Waals surface area contributed by atoms with Crippen LogP contribution in [-0.4, -0.2) is 26.5 Å². The molecule has 0 unspecified atom stereocenters. The van der Waals surface area contributed by atoms with E-state index in [0.717, 1.165) is 19.4 Å². The largest absolute Gasteiger partial charge is 0.368 e. The van der Waals surface area contributed by atoms with Crippen molar-refractivity contribution in [2.24, 2.45) is 0 Å². The van der Waals surface area contributed by atoms with Crippen LogP contribution >= 0.6 is 0 Å². The summed E-state index contributed by atoms with van der Waals surface area (Å²) in [5.41, 5.74) is 0.994. The molecule has 15 heavy (non-hydrogen) atoms. The summed E-state index contributed by atoms with van der Waals surface area (Å²) in [4.78, 5) is 14.0.